The molecule has 1 saturated carbocycles. The van der Waals surface area contributed by atoms with Gasteiger partial charge in [0.2, 0.25) is 0 Å². The lowest BCUT2D eigenvalue weighted by Crippen LogP contribution is -2.61. The Hall–Kier alpha value is -0.560. The normalized spacial score (nSPS) is 28.1. The van der Waals surface area contributed by atoms with Gasteiger partial charge < -0.3 is 15.4 Å². The third-order valence-corrected chi connectivity index (χ3v) is 3.38. The van der Waals surface area contributed by atoms with Gasteiger partial charge in [0.15, 0.2) is 0 Å². The average Bonchev–Trinajstić information content (AvgIpc) is 2.21. The lowest BCUT2D eigenvalue weighted by molar-refractivity contribution is -0.0971. The van der Waals surface area contributed by atoms with Crippen molar-refractivity contribution in [1.29, 1.82) is 0 Å². The molecule has 1 aliphatic rings. The molecule has 0 aliphatic heterocycles. The molecule has 0 saturated heterocycles. The van der Waals surface area contributed by atoms with Crippen molar-refractivity contribution in [2.75, 3.05) is 26.7 Å². The van der Waals surface area contributed by atoms with Crippen LogP contribution in [0.5, 0.6) is 0 Å². The second-order valence-electron chi connectivity index (χ2n) is 4.67. The Balaban J connectivity index is 2.12. The average molecular weight is 210 g/mol. The molecule has 2 atom stereocenters. The topological polar surface area (TPSA) is 33.3 Å². The van der Waals surface area contributed by atoms with Crippen LogP contribution in [0.25, 0.3) is 0 Å². The lowest BCUT2D eigenvalue weighted by atomic mass is 9.64. The minimum Gasteiger partial charge on any atom is -0.381 e. The molecule has 3 nitrogen and oxygen atoms in total. The van der Waals surface area contributed by atoms with Gasteiger partial charge in [-0.25, -0.2) is 0 Å². The van der Waals surface area contributed by atoms with Crippen LogP contribution in [-0.4, -0.2) is 38.9 Å². The molecule has 0 aromatic carbocycles. The van der Waals surface area contributed by atoms with Gasteiger partial charge in [-0.1, -0.05) is 19.8 Å². The van der Waals surface area contributed by atoms with Crippen LogP contribution in [0.3, 0.4) is 0 Å². The number of ether oxygens (including phenoxy) is 1. The fourth-order valence-electron chi connectivity index (χ4n) is 2.13. The van der Waals surface area contributed by atoms with Gasteiger partial charge in [-0.05, 0) is 6.42 Å². The van der Waals surface area contributed by atoms with Crippen LogP contribution in [0.15, 0.2) is 0 Å². The van der Waals surface area contributed by atoms with Crippen molar-refractivity contribution in [1.82, 2.24) is 10.6 Å². The molecule has 0 amide bonds. The van der Waals surface area contributed by atoms with E-state index in [4.69, 9.17) is 11.2 Å². The summed E-state index contributed by atoms with van der Waals surface area (Å²) in [6.07, 6.45) is 6.64. The standard InChI is InChI=1S/C12H22N2O/c1-5-6-13-7-8-14-10-9-11(15-4)12(10,2)3/h1,10-11,13-14H,6-9H2,2-4H3. The maximum Gasteiger partial charge on any atom is 0.0652 e. The maximum absolute atomic E-state index is 5.39. The van der Waals surface area contributed by atoms with Crippen LogP contribution >= 0.6 is 0 Å². The predicted molar refractivity (Wildman–Crippen MR) is 62.7 cm³/mol. The number of terminal acetylenes is 1. The molecule has 1 rings (SSSR count). The van der Waals surface area contributed by atoms with E-state index in [1.807, 2.05) is 0 Å². The summed E-state index contributed by atoms with van der Waals surface area (Å²) in [5.41, 5.74) is 0.251. The monoisotopic (exact) mass is 210 g/mol. The van der Waals surface area contributed by atoms with Crippen LogP contribution in [0.1, 0.15) is 20.3 Å². The minimum atomic E-state index is 0.251. The lowest BCUT2D eigenvalue weighted by Gasteiger charge is -2.51. The summed E-state index contributed by atoms with van der Waals surface area (Å²) in [6, 6.07) is 0.565. The Kier molecular flexibility index (Phi) is 4.59. The summed E-state index contributed by atoms with van der Waals surface area (Å²) >= 11 is 0. The van der Waals surface area contributed by atoms with Gasteiger partial charge in [-0.15, -0.1) is 6.42 Å². The number of nitrogens with one attached hydrogen (secondary N) is 2. The van der Waals surface area contributed by atoms with E-state index in [2.05, 4.69) is 30.4 Å². The van der Waals surface area contributed by atoms with Crippen molar-refractivity contribution >= 4 is 0 Å². The summed E-state index contributed by atoms with van der Waals surface area (Å²) in [7, 11) is 1.79. The number of hydrogen-bond donors (Lipinski definition) is 2. The highest BCUT2D eigenvalue weighted by atomic mass is 16.5. The first-order valence-corrected chi connectivity index (χ1v) is 5.53. The SMILES string of the molecule is C#CCNCCNC1CC(OC)C1(C)C. The van der Waals surface area contributed by atoms with E-state index in [1.54, 1.807) is 7.11 Å². The fourth-order valence-corrected chi connectivity index (χ4v) is 2.13. The summed E-state index contributed by atoms with van der Waals surface area (Å²) in [5.74, 6) is 2.56. The predicted octanol–water partition coefficient (Wildman–Crippen LogP) is 0.612. The van der Waals surface area contributed by atoms with E-state index >= 15 is 0 Å². The first kappa shape index (κ1) is 12.5. The van der Waals surface area contributed by atoms with Gasteiger partial charge in [0, 0.05) is 31.7 Å². The summed E-state index contributed by atoms with van der Waals surface area (Å²) < 4.78 is 5.39. The zero-order valence-electron chi connectivity index (χ0n) is 9.97. The molecule has 0 radical (unpaired) electrons. The zero-order valence-corrected chi connectivity index (χ0v) is 9.97. The zero-order chi connectivity index (χ0) is 11.3. The van der Waals surface area contributed by atoms with Crippen molar-refractivity contribution in [3.8, 4) is 12.3 Å². The third kappa shape index (κ3) is 2.94. The molecular formula is C12H22N2O. The van der Waals surface area contributed by atoms with E-state index < -0.39 is 0 Å². The number of rotatable bonds is 6. The summed E-state index contributed by atoms with van der Waals surface area (Å²) in [6.45, 7) is 7.03. The molecule has 15 heavy (non-hydrogen) atoms. The maximum atomic E-state index is 5.39. The van der Waals surface area contributed by atoms with Gasteiger partial charge >= 0.3 is 0 Å². The Morgan fingerprint density at radius 1 is 1.47 bits per heavy atom. The van der Waals surface area contributed by atoms with Crippen molar-refractivity contribution in [3.63, 3.8) is 0 Å². The second kappa shape index (κ2) is 5.50. The molecule has 86 valence electrons. The van der Waals surface area contributed by atoms with Crippen molar-refractivity contribution < 1.29 is 4.74 Å². The smallest absolute Gasteiger partial charge is 0.0652 e. The largest absolute Gasteiger partial charge is 0.381 e. The van der Waals surface area contributed by atoms with Gasteiger partial charge in [0.1, 0.15) is 0 Å². The molecule has 3 heteroatoms. The van der Waals surface area contributed by atoms with E-state index in [0.29, 0.717) is 18.7 Å². The number of methoxy groups -OCH3 is 1. The second-order valence-corrected chi connectivity index (χ2v) is 4.67. The van der Waals surface area contributed by atoms with Crippen molar-refractivity contribution in [2.45, 2.75) is 32.4 Å². The van der Waals surface area contributed by atoms with Crippen LogP contribution in [0.4, 0.5) is 0 Å². The summed E-state index contributed by atoms with van der Waals surface area (Å²) in [4.78, 5) is 0. The van der Waals surface area contributed by atoms with Crippen molar-refractivity contribution in [2.24, 2.45) is 5.41 Å². The highest BCUT2D eigenvalue weighted by Crippen LogP contribution is 2.42. The molecule has 0 aromatic rings. The van der Waals surface area contributed by atoms with Crippen LogP contribution in [0.2, 0.25) is 0 Å². The van der Waals surface area contributed by atoms with E-state index in [9.17, 15) is 0 Å². The molecular weight excluding hydrogens is 188 g/mol. The quantitative estimate of drug-likeness (QED) is 0.498. The molecule has 1 fully saturated rings. The fraction of sp³-hybridized carbons (Fsp3) is 0.833. The first-order chi connectivity index (χ1) is 7.12. The Morgan fingerprint density at radius 3 is 2.73 bits per heavy atom. The Bertz CT molecular complexity index is 232. The molecule has 0 spiro atoms. The molecule has 1 aliphatic carbocycles. The highest BCUT2D eigenvalue weighted by Gasteiger charge is 2.47. The minimum absolute atomic E-state index is 0.251. The molecule has 0 aromatic heterocycles. The first-order valence-electron chi connectivity index (χ1n) is 5.53. The van der Waals surface area contributed by atoms with Crippen LogP contribution < -0.4 is 10.6 Å². The highest BCUT2D eigenvalue weighted by molar-refractivity contribution is 5.02. The van der Waals surface area contributed by atoms with E-state index in [-0.39, 0.29) is 5.41 Å². The van der Waals surface area contributed by atoms with Gasteiger partial charge in [0.25, 0.3) is 0 Å². The Labute approximate surface area is 93.0 Å². The number of hydrogen-bond acceptors (Lipinski definition) is 3. The molecule has 0 bridgehead atoms. The van der Waals surface area contributed by atoms with Crippen LogP contribution in [-0.2, 0) is 4.74 Å². The van der Waals surface area contributed by atoms with Gasteiger partial charge in [-0.3, -0.25) is 0 Å². The van der Waals surface area contributed by atoms with Gasteiger partial charge in [0.05, 0.1) is 12.6 Å². The van der Waals surface area contributed by atoms with E-state index in [0.717, 1.165) is 19.5 Å². The Morgan fingerprint density at radius 2 is 2.20 bits per heavy atom. The van der Waals surface area contributed by atoms with Crippen LogP contribution in [0, 0.1) is 17.8 Å². The summed E-state index contributed by atoms with van der Waals surface area (Å²) in [5, 5.41) is 6.68. The van der Waals surface area contributed by atoms with E-state index in [1.165, 1.54) is 0 Å². The van der Waals surface area contributed by atoms with Gasteiger partial charge in [-0.2, -0.15) is 0 Å². The molecule has 2 N–H and O–H groups in total. The molecule has 0 heterocycles. The third-order valence-electron chi connectivity index (χ3n) is 3.38. The molecule has 2 unspecified atom stereocenters. The van der Waals surface area contributed by atoms with Crippen molar-refractivity contribution in [3.05, 3.63) is 0 Å².